The Bertz CT molecular complexity index is 637. The first-order valence-electron chi connectivity index (χ1n) is 7.36. The van der Waals surface area contributed by atoms with Crippen molar-refractivity contribution in [3.05, 3.63) is 65.7 Å². The standard InChI is InChI=1S/C18H19NO2/c1-12(2)19-16-17(20)14-10-6-7-11-15(14)21-18(16)13-8-4-3-5-9-13/h3-12,16,18-19H,1-2H3/p+1/t16-,18-/m0/s1. The van der Waals surface area contributed by atoms with Crippen molar-refractivity contribution >= 4 is 5.78 Å². The second-order valence-corrected chi connectivity index (χ2v) is 5.77. The number of nitrogens with two attached hydrogens (primary N) is 1. The first-order valence-corrected chi connectivity index (χ1v) is 7.36. The smallest absolute Gasteiger partial charge is 0.227 e. The highest BCUT2D eigenvalue weighted by atomic mass is 16.5. The molecule has 0 saturated heterocycles. The van der Waals surface area contributed by atoms with Gasteiger partial charge in [-0.25, -0.2) is 0 Å². The molecule has 2 aromatic rings. The van der Waals surface area contributed by atoms with Gasteiger partial charge >= 0.3 is 0 Å². The van der Waals surface area contributed by atoms with Crippen LogP contribution < -0.4 is 10.1 Å². The first kappa shape index (κ1) is 13.8. The summed E-state index contributed by atoms with van der Waals surface area (Å²) < 4.78 is 6.15. The zero-order valence-electron chi connectivity index (χ0n) is 12.3. The molecule has 108 valence electrons. The number of hydrogen-bond donors (Lipinski definition) is 1. The summed E-state index contributed by atoms with van der Waals surface area (Å²) in [5, 5.41) is 2.09. The van der Waals surface area contributed by atoms with Gasteiger partial charge in [-0.05, 0) is 31.5 Å². The predicted octanol–water partition coefficient (Wildman–Crippen LogP) is 2.34. The van der Waals surface area contributed by atoms with Crippen molar-refractivity contribution in [2.75, 3.05) is 0 Å². The Labute approximate surface area is 124 Å². The van der Waals surface area contributed by atoms with Crippen molar-refractivity contribution in [2.45, 2.75) is 32.0 Å². The molecule has 2 aromatic carbocycles. The minimum absolute atomic E-state index is 0.152. The molecule has 0 radical (unpaired) electrons. The van der Waals surface area contributed by atoms with Crippen LogP contribution in [0, 0.1) is 0 Å². The zero-order valence-corrected chi connectivity index (χ0v) is 12.3. The van der Waals surface area contributed by atoms with E-state index < -0.39 is 0 Å². The summed E-state index contributed by atoms with van der Waals surface area (Å²) in [6, 6.07) is 17.6. The van der Waals surface area contributed by atoms with Crippen molar-refractivity contribution in [3.8, 4) is 5.75 Å². The summed E-state index contributed by atoms with van der Waals surface area (Å²) in [7, 11) is 0. The molecule has 21 heavy (non-hydrogen) atoms. The van der Waals surface area contributed by atoms with Crippen LogP contribution in [0.3, 0.4) is 0 Å². The fourth-order valence-electron chi connectivity index (χ4n) is 2.82. The molecule has 1 heterocycles. The molecule has 0 fully saturated rings. The van der Waals surface area contributed by atoms with Crippen LogP contribution in [0.25, 0.3) is 0 Å². The first-order chi connectivity index (χ1) is 10.2. The highest BCUT2D eigenvalue weighted by Gasteiger charge is 2.41. The molecular formula is C18H20NO2+. The summed E-state index contributed by atoms with van der Waals surface area (Å²) in [4.78, 5) is 12.8. The van der Waals surface area contributed by atoms with Crippen molar-refractivity contribution in [1.29, 1.82) is 0 Å². The van der Waals surface area contributed by atoms with Crippen LogP contribution in [-0.4, -0.2) is 17.9 Å². The number of fused-ring (bicyclic) bond motifs is 1. The number of benzene rings is 2. The Kier molecular flexibility index (Phi) is 3.76. The average Bonchev–Trinajstić information content (AvgIpc) is 2.50. The number of Topliss-reactive ketones (excluding diaryl/α,β-unsaturated/α-hetero) is 1. The molecule has 0 aliphatic carbocycles. The quantitative estimate of drug-likeness (QED) is 0.939. The number of ether oxygens (including phenoxy) is 1. The maximum Gasteiger partial charge on any atom is 0.227 e. The van der Waals surface area contributed by atoms with E-state index in [1.165, 1.54) is 0 Å². The van der Waals surface area contributed by atoms with Crippen LogP contribution in [0.4, 0.5) is 0 Å². The fraction of sp³-hybridized carbons (Fsp3) is 0.278. The minimum atomic E-state index is -0.240. The van der Waals surface area contributed by atoms with E-state index in [0.29, 0.717) is 17.4 Å². The van der Waals surface area contributed by atoms with Crippen molar-refractivity contribution in [3.63, 3.8) is 0 Å². The lowest BCUT2D eigenvalue weighted by atomic mass is 9.91. The molecule has 1 aliphatic heterocycles. The Morgan fingerprint density at radius 3 is 2.38 bits per heavy atom. The van der Waals surface area contributed by atoms with Gasteiger partial charge in [-0.1, -0.05) is 42.5 Å². The van der Waals surface area contributed by atoms with Gasteiger partial charge in [0.05, 0.1) is 11.6 Å². The number of hydrogen-bond acceptors (Lipinski definition) is 2. The molecule has 2 N–H and O–H groups in total. The number of carbonyl (C=O) groups is 1. The summed E-state index contributed by atoms with van der Waals surface area (Å²) in [6.07, 6.45) is -0.240. The van der Waals surface area contributed by atoms with Crippen LogP contribution in [0.1, 0.15) is 35.9 Å². The van der Waals surface area contributed by atoms with Crippen LogP contribution in [0.5, 0.6) is 5.75 Å². The molecule has 3 rings (SSSR count). The molecular weight excluding hydrogens is 262 g/mol. The van der Waals surface area contributed by atoms with E-state index in [-0.39, 0.29) is 17.9 Å². The lowest BCUT2D eigenvalue weighted by Gasteiger charge is -2.32. The molecule has 3 nitrogen and oxygen atoms in total. The largest absolute Gasteiger partial charge is 0.478 e. The van der Waals surface area contributed by atoms with Gasteiger partial charge in [-0.3, -0.25) is 4.79 Å². The molecule has 0 unspecified atom stereocenters. The molecule has 0 saturated carbocycles. The molecule has 0 aromatic heterocycles. The van der Waals surface area contributed by atoms with E-state index >= 15 is 0 Å². The van der Waals surface area contributed by atoms with Gasteiger partial charge < -0.3 is 10.1 Å². The Morgan fingerprint density at radius 2 is 1.67 bits per heavy atom. The maximum atomic E-state index is 12.8. The Morgan fingerprint density at radius 1 is 1.00 bits per heavy atom. The second kappa shape index (κ2) is 5.70. The van der Waals surface area contributed by atoms with Crippen LogP contribution >= 0.6 is 0 Å². The summed E-state index contributed by atoms with van der Waals surface area (Å²) in [6.45, 7) is 4.19. The Balaban J connectivity index is 2.03. The van der Waals surface area contributed by atoms with E-state index in [1.54, 1.807) is 0 Å². The number of para-hydroxylation sites is 1. The third-order valence-electron chi connectivity index (χ3n) is 3.76. The van der Waals surface area contributed by atoms with Gasteiger partial charge in [0.15, 0.2) is 12.1 Å². The van der Waals surface area contributed by atoms with E-state index in [1.807, 2.05) is 54.6 Å². The SMILES string of the molecule is CC(C)[NH2+][C@H]1C(=O)c2ccccc2O[C@H]1c1ccccc1. The van der Waals surface area contributed by atoms with Gasteiger partial charge in [0.2, 0.25) is 5.78 Å². The maximum absolute atomic E-state index is 12.8. The van der Waals surface area contributed by atoms with Gasteiger partial charge in [0.25, 0.3) is 0 Å². The van der Waals surface area contributed by atoms with Crippen molar-refractivity contribution < 1.29 is 14.8 Å². The third-order valence-corrected chi connectivity index (χ3v) is 3.76. The van der Waals surface area contributed by atoms with E-state index in [4.69, 9.17) is 4.74 Å². The van der Waals surface area contributed by atoms with Crippen molar-refractivity contribution in [1.82, 2.24) is 0 Å². The third kappa shape index (κ3) is 2.69. The molecule has 0 bridgehead atoms. The van der Waals surface area contributed by atoms with Crippen LogP contribution in [-0.2, 0) is 0 Å². The average molecular weight is 282 g/mol. The monoisotopic (exact) mass is 282 g/mol. The number of ketones is 1. The molecule has 1 aliphatic rings. The van der Waals surface area contributed by atoms with Crippen molar-refractivity contribution in [2.24, 2.45) is 0 Å². The molecule has 0 spiro atoms. The number of carbonyl (C=O) groups excluding carboxylic acids is 1. The minimum Gasteiger partial charge on any atom is -0.478 e. The van der Waals surface area contributed by atoms with Crippen LogP contribution in [0.15, 0.2) is 54.6 Å². The summed E-state index contributed by atoms with van der Waals surface area (Å²) >= 11 is 0. The lowest BCUT2D eigenvalue weighted by molar-refractivity contribution is -0.709. The highest BCUT2D eigenvalue weighted by molar-refractivity contribution is 6.03. The zero-order chi connectivity index (χ0) is 14.8. The van der Waals surface area contributed by atoms with Gasteiger partial charge in [-0.2, -0.15) is 0 Å². The van der Waals surface area contributed by atoms with Gasteiger partial charge in [-0.15, -0.1) is 0 Å². The number of rotatable bonds is 3. The predicted molar refractivity (Wildman–Crippen MR) is 81.4 cm³/mol. The Hall–Kier alpha value is -2.13. The molecule has 3 heteroatoms. The van der Waals surface area contributed by atoms with Crippen LogP contribution in [0.2, 0.25) is 0 Å². The second-order valence-electron chi connectivity index (χ2n) is 5.77. The van der Waals surface area contributed by atoms with Gasteiger partial charge in [0, 0.05) is 0 Å². The highest BCUT2D eigenvalue weighted by Crippen LogP contribution is 2.33. The fourth-order valence-corrected chi connectivity index (χ4v) is 2.82. The summed E-state index contributed by atoms with van der Waals surface area (Å²) in [5.74, 6) is 0.837. The lowest BCUT2D eigenvalue weighted by Crippen LogP contribution is -2.97. The number of quaternary nitrogens is 1. The molecule has 2 atom stereocenters. The van der Waals surface area contributed by atoms with E-state index in [2.05, 4.69) is 19.2 Å². The topological polar surface area (TPSA) is 42.9 Å². The van der Waals surface area contributed by atoms with E-state index in [9.17, 15) is 4.79 Å². The van der Waals surface area contributed by atoms with Gasteiger partial charge in [0.1, 0.15) is 5.75 Å². The normalized spacial score (nSPS) is 21.0. The van der Waals surface area contributed by atoms with E-state index in [0.717, 1.165) is 5.56 Å². The summed E-state index contributed by atoms with van der Waals surface area (Å²) in [5.41, 5.74) is 1.73. The molecule has 0 amide bonds.